The normalized spacial score (nSPS) is 10.4. The number of hydrogen-bond acceptors (Lipinski definition) is 4. The average molecular weight is 395 g/mol. The van der Waals surface area contributed by atoms with E-state index in [2.05, 4.69) is 21.2 Å². The second kappa shape index (κ2) is 7.61. The van der Waals surface area contributed by atoms with Crippen LogP contribution in [0.5, 0.6) is 0 Å². The number of hydrogen-bond donors (Lipinski definition) is 1. The van der Waals surface area contributed by atoms with Crippen LogP contribution in [0.4, 0.5) is 11.4 Å². The standard InChI is InChI=1S/C16H15BrN2O3S/c1-10-7-14(15(19(21)22)8-11(10)2)18-16(20)9-23-13-5-3-12(17)4-6-13/h3-8H,9H2,1-2H3,(H,18,20). The molecule has 0 saturated carbocycles. The molecule has 0 aliphatic heterocycles. The monoisotopic (exact) mass is 394 g/mol. The van der Waals surface area contributed by atoms with Gasteiger partial charge in [0, 0.05) is 15.4 Å². The number of amides is 1. The summed E-state index contributed by atoms with van der Waals surface area (Å²) in [6.45, 7) is 3.66. The van der Waals surface area contributed by atoms with Gasteiger partial charge in [0.15, 0.2) is 0 Å². The van der Waals surface area contributed by atoms with Gasteiger partial charge in [-0.2, -0.15) is 0 Å². The highest BCUT2D eigenvalue weighted by Crippen LogP contribution is 2.28. The third-order valence-electron chi connectivity index (χ3n) is 3.27. The zero-order chi connectivity index (χ0) is 17.0. The molecular formula is C16H15BrN2O3S. The zero-order valence-electron chi connectivity index (χ0n) is 12.6. The molecule has 23 heavy (non-hydrogen) atoms. The van der Waals surface area contributed by atoms with Crippen LogP contribution in [0.25, 0.3) is 0 Å². The first-order chi connectivity index (χ1) is 10.9. The second-order valence-electron chi connectivity index (χ2n) is 5.00. The molecule has 2 aromatic rings. The summed E-state index contributed by atoms with van der Waals surface area (Å²) >= 11 is 4.73. The highest BCUT2D eigenvalue weighted by Gasteiger charge is 2.17. The number of nitro benzene ring substituents is 1. The molecule has 0 heterocycles. The predicted molar refractivity (Wildman–Crippen MR) is 96.1 cm³/mol. The number of nitrogens with zero attached hydrogens (tertiary/aromatic N) is 1. The lowest BCUT2D eigenvalue weighted by molar-refractivity contribution is -0.384. The number of aryl methyl sites for hydroxylation is 2. The second-order valence-corrected chi connectivity index (χ2v) is 6.97. The minimum Gasteiger partial charge on any atom is -0.320 e. The number of nitro groups is 1. The molecule has 1 amide bonds. The van der Waals surface area contributed by atoms with Gasteiger partial charge in [0.05, 0.1) is 10.7 Å². The minimum atomic E-state index is -0.482. The van der Waals surface area contributed by atoms with Crippen LogP contribution in [0.1, 0.15) is 11.1 Å². The van der Waals surface area contributed by atoms with E-state index in [1.54, 1.807) is 13.0 Å². The number of nitrogens with one attached hydrogen (secondary N) is 1. The maximum atomic E-state index is 12.1. The van der Waals surface area contributed by atoms with Crippen LogP contribution in [0.2, 0.25) is 0 Å². The van der Waals surface area contributed by atoms with E-state index in [0.717, 1.165) is 20.5 Å². The Balaban J connectivity index is 2.06. The molecule has 120 valence electrons. The van der Waals surface area contributed by atoms with Gasteiger partial charge in [-0.15, -0.1) is 11.8 Å². The number of anilines is 1. The van der Waals surface area contributed by atoms with Crippen LogP contribution in [0.3, 0.4) is 0 Å². The van der Waals surface area contributed by atoms with Crippen LogP contribution in [0.15, 0.2) is 45.8 Å². The highest BCUT2D eigenvalue weighted by atomic mass is 79.9. The van der Waals surface area contributed by atoms with Crippen molar-refractivity contribution in [1.82, 2.24) is 0 Å². The molecule has 1 N–H and O–H groups in total. The fourth-order valence-corrected chi connectivity index (χ4v) is 2.88. The third kappa shape index (κ3) is 4.80. The number of thioether (sulfide) groups is 1. The summed E-state index contributed by atoms with van der Waals surface area (Å²) in [5, 5.41) is 13.8. The molecule has 0 aliphatic rings. The van der Waals surface area contributed by atoms with Crippen molar-refractivity contribution in [1.29, 1.82) is 0 Å². The molecule has 5 nitrogen and oxygen atoms in total. The maximum Gasteiger partial charge on any atom is 0.293 e. The summed E-state index contributed by atoms with van der Waals surface area (Å²) in [4.78, 5) is 23.7. The predicted octanol–water partition coefficient (Wildman–Crippen LogP) is 4.70. The van der Waals surface area contributed by atoms with Crippen molar-refractivity contribution in [2.24, 2.45) is 0 Å². The van der Waals surface area contributed by atoms with E-state index in [1.807, 2.05) is 31.2 Å². The summed E-state index contributed by atoms with van der Waals surface area (Å²) in [6, 6.07) is 10.7. The molecule has 0 saturated heterocycles. The zero-order valence-corrected chi connectivity index (χ0v) is 15.0. The summed E-state index contributed by atoms with van der Waals surface area (Å²) < 4.78 is 0.969. The molecule has 2 aromatic carbocycles. The van der Waals surface area contributed by atoms with E-state index in [4.69, 9.17) is 0 Å². The molecule has 0 unspecified atom stereocenters. The van der Waals surface area contributed by atoms with Crippen molar-refractivity contribution in [3.05, 3.63) is 62.1 Å². The molecule has 7 heteroatoms. The van der Waals surface area contributed by atoms with Crippen molar-refractivity contribution < 1.29 is 9.72 Å². The van der Waals surface area contributed by atoms with Gasteiger partial charge < -0.3 is 5.32 Å². The number of carbonyl (C=O) groups excluding carboxylic acids is 1. The Morgan fingerprint density at radius 1 is 1.22 bits per heavy atom. The number of benzene rings is 2. The quantitative estimate of drug-likeness (QED) is 0.452. The molecule has 0 aromatic heterocycles. The van der Waals surface area contributed by atoms with Gasteiger partial charge in [-0.05, 0) is 55.3 Å². The van der Waals surface area contributed by atoms with Gasteiger partial charge in [0.2, 0.25) is 5.91 Å². The molecular weight excluding hydrogens is 380 g/mol. The van der Waals surface area contributed by atoms with Gasteiger partial charge in [0.25, 0.3) is 5.69 Å². The first kappa shape index (κ1) is 17.5. The summed E-state index contributed by atoms with van der Waals surface area (Å²) in [5.41, 5.74) is 1.86. The van der Waals surface area contributed by atoms with E-state index in [0.29, 0.717) is 0 Å². The Morgan fingerprint density at radius 3 is 2.43 bits per heavy atom. The first-order valence-electron chi connectivity index (χ1n) is 6.80. The average Bonchev–Trinajstić information content (AvgIpc) is 2.50. The summed E-state index contributed by atoms with van der Waals surface area (Å²) in [6.07, 6.45) is 0. The number of rotatable bonds is 5. The SMILES string of the molecule is Cc1cc(NC(=O)CSc2ccc(Br)cc2)c([N+](=O)[O-])cc1C. The molecule has 0 fully saturated rings. The molecule has 0 radical (unpaired) electrons. The lowest BCUT2D eigenvalue weighted by atomic mass is 10.1. The fourth-order valence-electron chi connectivity index (χ4n) is 1.92. The third-order valence-corrected chi connectivity index (χ3v) is 4.81. The Bertz CT molecular complexity index is 748. The fraction of sp³-hybridized carbons (Fsp3) is 0.188. The Kier molecular flexibility index (Phi) is 5.79. The topological polar surface area (TPSA) is 72.2 Å². The van der Waals surface area contributed by atoms with E-state index in [-0.39, 0.29) is 23.0 Å². The summed E-state index contributed by atoms with van der Waals surface area (Å²) in [7, 11) is 0. The van der Waals surface area contributed by atoms with Gasteiger partial charge >= 0.3 is 0 Å². The smallest absolute Gasteiger partial charge is 0.293 e. The Hall–Kier alpha value is -1.86. The van der Waals surface area contributed by atoms with E-state index < -0.39 is 4.92 Å². The van der Waals surface area contributed by atoms with Crippen molar-refractivity contribution in [2.75, 3.05) is 11.1 Å². The molecule has 0 bridgehead atoms. The lowest BCUT2D eigenvalue weighted by Gasteiger charge is -2.09. The number of halogens is 1. The number of carbonyl (C=O) groups is 1. The van der Waals surface area contributed by atoms with Crippen molar-refractivity contribution in [2.45, 2.75) is 18.7 Å². The molecule has 0 aliphatic carbocycles. The van der Waals surface area contributed by atoms with Crippen molar-refractivity contribution in [3.8, 4) is 0 Å². The van der Waals surface area contributed by atoms with E-state index in [9.17, 15) is 14.9 Å². The van der Waals surface area contributed by atoms with Gasteiger partial charge in [-0.3, -0.25) is 14.9 Å². The Labute approximate surface area is 146 Å². The minimum absolute atomic E-state index is 0.0879. The van der Waals surface area contributed by atoms with E-state index >= 15 is 0 Å². The van der Waals surface area contributed by atoms with Crippen LogP contribution in [-0.4, -0.2) is 16.6 Å². The summed E-state index contributed by atoms with van der Waals surface area (Å²) in [5.74, 6) is -0.0876. The molecule has 0 spiro atoms. The maximum absolute atomic E-state index is 12.1. The van der Waals surface area contributed by atoms with Gasteiger partial charge in [-0.25, -0.2) is 0 Å². The van der Waals surface area contributed by atoms with Crippen molar-refractivity contribution in [3.63, 3.8) is 0 Å². The highest BCUT2D eigenvalue weighted by molar-refractivity contribution is 9.10. The van der Waals surface area contributed by atoms with Crippen LogP contribution < -0.4 is 5.32 Å². The van der Waals surface area contributed by atoms with Crippen LogP contribution >= 0.6 is 27.7 Å². The molecule has 2 rings (SSSR count). The Morgan fingerprint density at radius 2 is 1.83 bits per heavy atom. The first-order valence-corrected chi connectivity index (χ1v) is 8.58. The van der Waals surface area contributed by atoms with Crippen LogP contribution in [0, 0.1) is 24.0 Å². The van der Waals surface area contributed by atoms with Gasteiger partial charge in [0.1, 0.15) is 5.69 Å². The molecule has 0 atom stereocenters. The lowest BCUT2D eigenvalue weighted by Crippen LogP contribution is -2.15. The van der Waals surface area contributed by atoms with Gasteiger partial charge in [-0.1, -0.05) is 15.9 Å². The van der Waals surface area contributed by atoms with Crippen molar-refractivity contribution >= 4 is 45.0 Å². The van der Waals surface area contributed by atoms with E-state index in [1.165, 1.54) is 17.8 Å². The van der Waals surface area contributed by atoms with Crippen LogP contribution in [-0.2, 0) is 4.79 Å². The largest absolute Gasteiger partial charge is 0.320 e.